The molecule has 0 bridgehead atoms. The quantitative estimate of drug-likeness (QED) is 0.775. The van der Waals surface area contributed by atoms with Gasteiger partial charge in [-0.1, -0.05) is 25.1 Å². The monoisotopic (exact) mass is 323 g/mol. The second kappa shape index (κ2) is 7.11. The number of piperidine rings is 1. The SMILES string of the molecule is CC1CNCCC1NC(=O)C1CC(=O)Nc2ccccc21.Cl. The molecule has 0 spiro atoms. The second-order valence-electron chi connectivity index (χ2n) is 5.98. The largest absolute Gasteiger partial charge is 0.352 e. The van der Waals surface area contributed by atoms with Gasteiger partial charge in [-0.3, -0.25) is 9.59 Å². The lowest BCUT2D eigenvalue weighted by Crippen LogP contribution is -2.50. The Morgan fingerprint density at radius 3 is 2.86 bits per heavy atom. The van der Waals surface area contributed by atoms with E-state index in [0.717, 1.165) is 30.8 Å². The second-order valence-corrected chi connectivity index (χ2v) is 5.98. The highest BCUT2D eigenvalue weighted by molar-refractivity contribution is 6.01. The molecule has 1 aromatic carbocycles. The van der Waals surface area contributed by atoms with Crippen LogP contribution in [0.4, 0.5) is 5.69 Å². The molecule has 0 radical (unpaired) electrons. The van der Waals surface area contributed by atoms with Crippen LogP contribution in [0.5, 0.6) is 0 Å². The first-order chi connectivity index (χ1) is 10.1. The molecular weight excluding hydrogens is 302 g/mol. The Balaban J connectivity index is 0.00000176. The minimum absolute atomic E-state index is 0. The van der Waals surface area contributed by atoms with Crippen LogP contribution in [-0.4, -0.2) is 30.9 Å². The first kappa shape index (κ1) is 16.8. The third kappa shape index (κ3) is 3.42. The molecule has 3 atom stereocenters. The predicted octanol–water partition coefficient (Wildman–Crippen LogP) is 1.65. The number of carbonyl (C=O) groups is 2. The third-order valence-electron chi connectivity index (χ3n) is 4.43. The van der Waals surface area contributed by atoms with Gasteiger partial charge in [0.2, 0.25) is 11.8 Å². The molecule has 5 nitrogen and oxygen atoms in total. The Morgan fingerprint density at radius 2 is 2.09 bits per heavy atom. The maximum atomic E-state index is 12.6. The molecular formula is C16H22ClN3O2. The van der Waals surface area contributed by atoms with E-state index in [2.05, 4.69) is 22.9 Å². The molecule has 2 amide bonds. The van der Waals surface area contributed by atoms with Crippen molar-refractivity contribution in [1.29, 1.82) is 0 Å². The Bertz CT molecular complexity index is 564. The van der Waals surface area contributed by atoms with Gasteiger partial charge in [0.15, 0.2) is 0 Å². The molecule has 2 aliphatic rings. The van der Waals surface area contributed by atoms with E-state index in [1.807, 2.05) is 24.3 Å². The molecule has 120 valence electrons. The number of rotatable bonds is 2. The first-order valence-electron chi connectivity index (χ1n) is 7.55. The maximum Gasteiger partial charge on any atom is 0.228 e. The minimum Gasteiger partial charge on any atom is -0.352 e. The molecule has 2 heterocycles. The number of benzene rings is 1. The van der Waals surface area contributed by atoms with Gasteiger partial charge in [-0.25, -0.2) is 0 Å². The normalized spacial score (nSPS) is 27.1. The van der Waals surface area contributed by atoms with Crippen molar-refractivity contribution in [2.24, 2.45) is 5.92 Å². The minimum atomic E-state index is -0.378. The molecule has 0 aliphatic carbocycles. The molecule has 0 saturated carbocycles. The topological polar surface area (TPSA) is 70.2 Å². The summed E-state index contributed by atoms with van der Waals surface area (Å²) in [4.78, 5) is 24.4. The molecule has 3 N–H and O–H groups in total. The summed E-state index contributed by atoms with van der Waals surface area (Å²) >= 11 is 0. The van der Waals surface area contributed by atoms with E-state index in [4.69, 9.17) is 0 Å². The highest BCUT2D eigenvalue weighted by Gasteiger charge is 2.32. The molecule has 6 heteroatoms. The van der Waals surface area contributed by atoms with Gasteiger partial charge in [0.1, 0.15) is 0 Å². The Hall–Kier alpha value is -1.59. The van der Waals surface area contributed by atoms with Gasteiger partial charge in [-0.05, 0) is 37.1 Å². The van der Waals surface area contributed by atoms with Crippen LogP contribution in [-0.2, 0) is 9.59 Å². The van der Waals surface area contributed by atoms with Crippen LogP contribution in [0.3, 0.4) is 0 Å². The zero-order chi connectivity index (χ0) is 14.8. The van der Waals surface area contributed by atoms with E-state index in [9.17, 15) is 9.59 Å². The number of anilines is 1. The lowest BCUT2D eigenvalue weighted by molar-refractivity contribution is -0.127. The lowest BCUT2D eigenvalue weighted by atomic mass is 9.88. The highest BCUT2D eigenvalue weighted by atomic mass is 35.5. The number of hydrogen-bond acceptors (Lipinski definition) is 3. The molecule has 0 aromatic heterocycles. The number of amides is 2. The maximum absolute atomic E-state index is 12.6. The van der Waals surface area contributed by atoms with Crippen LogP contribution in [0.15, 0.2) is 24.3 Å². The van der Waals surface area contributed by atoms with Crippen LogP contribution < -0.4 is 16.0 Å². The Kier molecular flexibility index (Phi) is 5.42. The smallest absolute Gasteiger partial charge is 0.228 e. The number of carbonyl (C=O) groups excluding carboxylic acids is 2. The van der Waals surface area contributed by atoms with E-state index in [1.54, 1.807) is 0 Å². The summed E-state index contributed by atoms with van der Waals surface area (Å²) in [7, 11) is 0. The van der Waals surface area contributed by atoms with Crippen LogP contribution >= 0.6 is 12.4 Å². The number of halogens is 1. The molecule has 1 aromatic rings. The van der Waals surface area contributed by atoms with E-state index in [0.29, 0.717) is 5.92 Å². The summed E-state index contributed by atoms with van der Waals surface area (Å²) in [6, 6.07) is 7.74. The van der Waals surface area contributed by atoms with Crippen LogP contribution in [0.2, 0.25) is 0 Å². The summed E-state index contributed by atoms with van der Waals surface area (Å²) in [5, 5.41) is 9.29. The molecule has 3 rings (SSSR count). The van der Waals surface area contributed by atoms with Gasteiger partial charge in [0, 0.05) is 18.2 Å². The molecule has 2 aliphatic heterocycles. The summed E-state index contributed by atoms with van der Waals surface area (Å²) in [5.41, 5.74) is 1.67. The number of nitrogens with one attached hydrogen (secondary N) is 3. The zero-order valence-electron chi connectivity index (χ0n) is 12.6. The average molecular weight is 324 g/mol. The van der Waals surface area contributed by atoms with Crippen LogP contribution in [0, 0.1) is 5.92 Å². The Morgan fingerprint density at radius 1 is 1.32 bits per heavy atom. The van der Waals surface area contributed by atoms with Crippen molar-refractivity contribution in [3.05, 3.63) is 29.8 Å². The van der Waals surface area contributed by atoms with Gasteiger partial charge in [0.25, 0.3) is 0 Å². The van der Waals surface area contributed by atoms with E-state index >= 15 is 0 Å². The van der Waals surface area contributed by atoms with Crippen molar-refractivity contribution >= 4 is 29.9 Å². The number of para-hydroxylation sites is 1. The molecule has 1 fully saturated rings. The fraction of sp³-hybridized carbons (Fsp3) is 0.500. The van der Waals surface area contributed by atoms with Crippen LogP contribution in [0.1, 0.15) is 31.2 Å². The summed E-state index contributed by atoms with van der Waals surface area (Å²) < 4.78 is 0. The van der Waals surface area contributed by atoms with E-state index in [-0.39, 0.29) is 42.6 Å². The first-order valence-corrected chi connectivity index (χ1v) is 7.55. The predicted molar refractivity (Wildman–Crippen MR) is 88.3 cm³/mol. The van der Waals surface area contributed by atoms with E-state index < -0.39 is 0 Å². The average Bonchev–Trinajstić information content (AvgIpc) is 2.48. The van der Waals surface area contributed by atoms with Gasteiger partial charge in [-0.15, -0.1) is 12.4 Å². The lowest BCUT2D eigenvalue weighted by Gasteiger charge is -2.32. The molecule has 1 saturated heterocycles. The Labute approximate surface area is 136 Å². The molecule has 22 heavy (non-hydrogen) atoms. The standard InChI is InChI=1S/C16H21N3O2.ClH/c1-10-9-17-7-6-13(10)19-16(21)12-8-15(20)18-14-5-3-2-4-11(12)14;/h2-5,10,12-13,17H,6-9H2,1H3,(H,18,20)(H,19,21);1H. The highest BCUT2D eigenvalue weighted by Crippen LogP contribution is 2.32. The van der Waals surface area contributed by atoms with Crippen molar-refractivity contribution in [3.63, 3.8) is 0 Å². The van der Waals surface area contributed by atoms with Gasteiger partial charge >= 0.3 is 0 Å². The van der Waals surface area contributed by atoms with Gasteiger partial charge in [0.05, 0.1) is 5.92 Å². The number of hydrogen-bond donors (Lipinski definition) is 3. The number of fused-ring (bicyclic) bond motifs is 1. The van der Waals surface area contributed by atoms with Crippen molar-refractivity contribution < 1.29 is 9.59 Å². The summed E-state index contributed by atoms with van der Waals surface area (Å²) in [5.74, 6) is -0.0874. The molecule has 3 unspecified atom stereocenters. The zero-order valence-corrected chi connectivity index (χ0v) is 13.4. The van der Waals surface area contributed by atoms with Crippen LogP contribution in [0.25, 0.3) is 0 Å². The summed E-state index contributed by atoms with van der Waals surface area (Å²) in [6.45, 7) is 3.99. The van der Waals surface area contributed by atoms with Crippen molar-refractivity contribution in [3.8, 4) is 0 Å². The van der Waals surface area contributed by atoms with E-state index in [1.165, 1.54) is 0 Å². The van der Waals surface area contributed by atoms with Gasteiger partial charge in [-0.2, -0.15) is 0 Å². The van der Waals surface area contributed by atoms with Crippen molar-refractivity contribution in [1.82, 2.24) is 10.6 Å². The van der Waals surface area contributed by atoms with Gasteiger partial charge < -0.3 is 16.0 Å². The fourth-order valence-corrected chi connectivity index (χ4v) is 3.16. The van der Waals surface area contributed by atoms with Crippen molar-refractivity contribution in [2.75, 3.05) is 18.4 Å². The third-order valence-corrected chi connectivity index (χ3v) is 4.43. The summed E-state index contributed by atoms with van der Waals surface area (Å²) in [6.07, 6.45) is 1.16. The fourth-order valence-electron chi connectivity index (χ4n) is 3.16. The van der Waals surface area contributed by atoms with Crippen molar-refractivity contribution in [2.45, 2.75) is 31.7 Å².